The molecule has 116 valence electrons. The summed E-state index contributed by atoms with van der Waals surface area (Å²) in [7, 11) is 1.86. The Morgan fingerprint density at radius 1 is 1.38 bits per heavy atom. The molecule has 1 atom stereocenters. The van der Waals surface area contributed by atoms with E-state index in [2.05, 4.69) is 5.32 Å². The number of rotatable bonds is 3. The van der Waals surface area contributed by atoms with Crippen LogP contribution in [0, 0.1) is 5.92 Å². The van der Waals surface area contributed by atoms with Crippen molar-refractivity contribution in [2.45, 2.75) is 19.4 Å². The molecule has 1 aromatic carbocycles. The summed E-state index contributed by atoms with van der Waals surface area (Å²) < 4.78 is 10.7. The van der Waals surface area contributed by atoms with E-state index in [9.17, 15) is 4.79 Å². The summed E-state index contributed by atoms with van der Waals surface area (Å²) in [5.74, 6) is 1.87. The molecule has 21 heavy (non-hydrogen) atoms. The topological polar surface area (TPSA) is 50.8 Å². The smallest absolute Gasteiger partial charge is 0.231 e. The predicted molar refractivity (Wildman–Crippen MR) is 81.9 cm³/mol. The van der Waals surface area contributed by atoms with E-state index in [4.69, 9.17) is 9.47 Å². The maximum absolute atomic E-state index is 12.4. The number of amides is 1. The van der Waals surface area contributed by atoms with Crippen LogP contribution in [0.5, 0.6) is 11.5 Å². The number of piperidine rings is 1. The molecule has 2 heterocycles. The summed E-state index contributed by atoms with van der Waals surface area (Å²) in [5, 5.41) is 3.28. The number of carbonyl (C=O) groups excluding carboxylic acids is 1. The molecule has 0 aliphatic carbocycles. The van der Waals surface area contributed by atoms with Crippen molar-refractivity contribution in [2.75, 3.05) is 26.9 Å². The van der Waals surface area contributed by atoms with Gasteiger partial charge in [0.1, 0.15) is 0 Å². The first-order valence-electron chi connectivity index (χ1n) is 7.08. The largest absolute Gasteiger partial charge is 0.454 e. The van der Waals surface area contributed by atoms with Gasteiger partial charge in [-0.2, -0.15) is 0 Å². The minimum Gasteiger partial charge on any atom is -0.454 e. The standard InChI is InChI=1S/C15H20N2O3.ClH/c1-17(15(18)12-3-2-6-16-8-12)9-11-4-5-13-14(7-11)20-10-19-13;/h4-5,7,12,16H,2-3,6,8-10H2,1H3;1H. The first-order chi connectivity index (χ1) is 9.74. The Hall–Kier alpha value is -1.46. The Balaban J connectivity index is 0.00000161. The van der Waals surface area contributed by atoms with E-state index < -0.39 is 0 Å². The number of benzene rings is 1. The van der Waals surface area contributed by atoms with Crippen LogP contribution in [0.25, 0.3) is 0 Å². The second-order valence-corrected chi connectivity index (χ2v) is 5.43. The van der Waals surface area contributed by atoms with E-state index in [-0.39, 0.29) is 31.0 Å². The summed E-state index contributed by atoms with van der Waals surface area (Å²) in [6, 6.07) is 5.83. The number of halogens is 1. The van der Waals surface area contributed by atoms with E-state index in [1.165, 1.54) is 0 Å². The van der Waals surface area contributed by atoms with Gasteiger partial charge in [0.25, 0.3) is 0 Å². The lowest BCUT2D eigenvalue weighted by atomic mass is 9.98. The fourth-order valence-corrected chi connectivity index (χ4v) is 2.77. The van der Waals surface area contributed by atoms with Gasteiger partial charge in [-0.15, -0.1) is 12.4 Å². The van der Waals surface area contributed by atoms with Crippen molar-refractivity contribution < 1.29 is 14.3 Å². The highest BCUT2D eigenvalue weighted by Crippen LogP contribution is 2.32. The van der Waals surface area contributed by atoms with Crippen molar-refractivity contribution in [3.63, 3.8) is 0 Å². The summed E-state index contributed by atoms with van der Waals surface area (Å²) in [6.07, 6.45) is 2.06. The summed E-state index contributed by atoms with van der Waals surface area (Å²) in [4.78, 5) is 14.2. The van der Waals surface area contributed by atoms with Crippen molar-refractivity contribution in [3.05, 3.63) is 23.8 Å². The zero-order valence-corrected chi connectivity index (χ0v) is 12.9. The first kappa shape index (κ1) is 15.9. The summed E-state index contributed by atoms with van der Waals surface area (Å²) in [5.41, 5.74) is 1.06. The van der Waals surface area contributed by atoms with Gasteiger partial charge in [-0.1, -0.05) is 6.07 Å². The number of hydrogen-bond donors (Lipinski definition) is 1. The van der Waals surface area contributed by atoms with Gasteiger partial charge in [0.15, 0.2) is 11.5 Å². The van der Waals surface area contributed by atoms with Gasteiger partial charge in [-0.05, 0) is 37.1 Å². The van der Waals surface area contributed by atoms with E-state index in [1.54, 1.807) is 4.90 Å². The minimum absolute atomic E-state index is 0. The number of hydrogen-bond acceptors (Lipinski definition) is 4. The van der Waals surface area contributed by atoms with Crippen LogP contribution in [0.2, 0.25) is 0 Å². The number of fused-ring (bicyclic) bond motifs is 1. The molecule has 1 amide bonds. The fourth-order valence-electron chi connectivity index (χ4n) is 2.77. The van der Waals surface area contributed by atoms with Crippen LogP contribution in [0.4, 0.5) is 0 Å². The molecule has 0 spiro atoms. The van der Waals surface area contributed by atoms with E-state index in [0.29, 0.717) is 6.54 Å². The molecule has 0 aromatic heterocycles. The molecule has 1 unspecified atom stereocenters. The molecule has 1 fully saturated rings. The van der Waals surface area contributed by atoms with Crippen LogP contribution in [-0.4, -0.2) is 37.7 Å². The maximum Gasteiger partial charge on any atom is 0.231 e. The third-order valence-corrected chi connectivity index (χ3v) is 3.88. The maximum atomic E-state index is 12.4. The van der Waals surface area contributed by atoms with Crippen LogP contribution in [-0.2, 0) is 11.3 Å². The van der Waals surface area contributed by atoms with Crippen molar-refractivity contribution in [1.29, 1.82) is 0 Å². The van der Waals surface area contributed by atoms with Crippen molar-refractivity contribution in [2.24, 2.45) is 5.92 Å². The van der Waals surface area contributed by atoms with Gasteiger partial charge in [0, 0.05) is 20.1 Å². The second-order valence-electron chi connectivity index (χ2n) is 5.43. The Morgan fingerprint density at radius 2 is 2.19 bits per heavy atom. The molecule has 5 nitrogen and oxygen atoms in total. The fraction of sp³-hybridized carbons (Fsp3) is 0.533. The number of nitrogens with zero attached hydrogens (tertiary/aromatic N) is 1. The molecule has 6 heteroatoms. The highest BCUT2D eigenvalue weighted by atomic mass is 35.5. The lowest BCUT2D eigenvalue weighted by molar-refractivity contribution is -0.135. The van der Waals surface area contributed by atoms with E-state index in [1.807, 2.05) is 25.2 Å². The lowest BCUT2D eigenvalue weighted by Crippen LogP contribution is -2.41. The van der Waals surface area contributed by atoms with Crippen LogP contribution in [0.3, 0.4) is 0 Å². The van der Waals surface area contributed by atoms with Gasteiger partial charge >= 0.3 is 0 Å². The lowest BCUT2D eigenvalue weighted by Gasteiger charge is -2.27. The van der Waals surface area contributed by atoms with Crippen molar-refractivity contribution in [3.8, 4) is 11.5 Å². The SMILES string of the molecule is CN(Cc1ccc2c(c1)OCO2)C(=O)C1CCCNC1.Cl. The van der Waals surface area contributed by atoms with Gasteiger partial charge < -0.3 is 19.7 Å². The number of carbonyl (C=O) groups is 1. The highest BCUT2D eigenvalue weighted by molar-refractivity contribution is 5.85. The average molecular weight is 313 g/mol. The zero-order valence-electron chi connectivity index (χ0n) is 12.1. The average Bonchev–Trinajstić information content (AvgIpc) is 2.95. The third kappa shape index (κ3) is 3.60. The first-order valence-corrected chi connectivity index (χ1v) is 7.08. The summed E-state index contributed by atoms with van der Waals surface area (Å²) >= 11 is 0. The number of ether oxygens (including phenoxy) is 2. The molecular weight excluding hydrogens is 292 g/mol. The summed E-state index contributed by atoms with van der Waals surface area (Å²) in [6.45, 7) is 2.70. The molecule has 1 saturated heterocycles. The van der Waals surface area contributed by atoms with Gasteiger partial charge in [0.05, 0.1) is 5.92 Å². The van der Waals surface area contributed by atoms with E-state index >= 15 is 0 Å². The van der Waals surface area contributed by atoms with Gasteiger partial charge in [-0.3, -0.25) is 4.79 Å². The predicted octanol–water partition coefficient (Wildman–Crippen LogP) is 1.80. The van der Waals surface area contributed by atoms with Crippen LogP contribution in [0.1, 0.15) is 18.4 Å². The normalized spacial score (nSPS) is 19.8. The molecule has 3 rings (SSSR count). The Bertz CT molecular complexity index is 504. The molecule has 2 aliphatic heterocycles. The van der Waals surface area contributed by atoms with Crippen LogP contribution < -0.4 is 14.8 Å². The molecule has 2 aliphatic rings. The zero-order chi connectivity index (χ0) is 13.9. The van der Waals surface area contributed by atoms with E-state index in [0.717, 1.165) is 43.0 Å². The molecule has 0 bridgehead atoms. The molecule has 1 N–H and O–H groups in total. The Morgan fingerprint density at radius 3 is 2.95 bits per heavy atom. The minimum atomic E-state index is 0. The molecular formula is C15H21ClN2O3. The monoisotopic (exact) mass is 312 g/mol. The molecule has 0 saturated carbocycles. The number of nitrogens with one attached hydrogen (secondary N) is 1. The van der Waals surface area contributed by atoms with Crippen LogP contribution >= 0.6 is 12.4 Å². The third-order valence-electron chi connectivity index (χ3n) is 3.88. The Kier molecular flexibility index (Phi) is 5.31. The van der Waals surface area contributed by atoms with Crippen molar-refractivity contribution >= 4 is 18.3 Å². The van der Waals surface area contributed by atoms with Gasteiger partial charge in [-0.25, -0.2) is 0 Å². The highest BCUT2D eigenvalue weighted by Gasteiger charge is 2.24. The quantitative estimate of drug-likeness (QED) is 0.924. The molecule has 1 aromatic rings. The van der Waals surface area contributed by atoms with Crippen molar-refractivity contribution in [1.82, 2.24) is 10.2 Å². The van der Waals surface area contributed by atoms with Crippen LogP contribution in [0.15, 0.2) is 18.2 Å². The second kappa shape index (κ2) is 7.00. The van der Waals surface area contributed by atoms with Gasteiger partial charge in [0.2, 0.25) is 12.7 Å². The molecule has 0 radical (unpaired) electrons. The Labute approximate surface area is 131 Å².